The van der Waals surface area contributed by atoms with Gasteiger partial charge in [-0.25, -0.2) is 9.79 Å². The van der Waals surface area contributed by atoms with Gasteiger partial charge in [-0.3, -0.25) is 4.99 Å². The van der Waals surface area contributed by atoms with Crippen LogP contribution in [0.15, 0.2) is 63.7 Å². The summed E-state index contributed by atoms with van der Waals surface area (Å²) < 4.78 is 4.64. The Morgan fingerprint density at radius 1 is 1.24 bits per heavy atom. The molecule has 25 heavy (non-hydrogen) atoms. The Morgan fingerprint density at radius 3 is 2.68 bits per heavy atom. The van der Waals surface area contributed by atoms with Crippen molar-refractivity contribution in [3.63, 3.8) is 0 Å². The SMILES string of the molecule is COC(=O)C(=NO)C1=Nc2ccc(Cl)cc2C(c2ccccc2)=NC1. The molecular formula is C18H14ClN3O3. The van der Waals surface area contributed by atoms with Crippen LogP contribution in [0.4, 0.5) is 5.69 Å². The van der Waals surface area contributed by atoms with Gasteiger partial charge < -0.3 is 9.94 Å². The molecule has 0 unspecified atom stereocenters. The summed E-state index contributed by atoms with van der Waals surface area (Å²) in [6.45, 7) is 0.0605. The molecule has 6 nitrogen and oxygen atoms in total. The van der Waals surface area contributed by atoms with E-state index in [1.54, 1.807) is 18.2 Å². The normalized spacial score (nSPS) is 14.1. The monoisotopic (exact) mass is 355 g/mol. The molecule has 0 spiro atoms. The first kappa shape index (κ1) is 16.9. The number of carbonyl (C=O) groups is 1. The third-order valence-corrected chi connectivity index (χ3v) is 3.89. The summed E-state index contributed by atoms with van der Waals surface area (Å²) in [7, 11) is 1.21. The second-order valence-corrected chi connectivity index (χ2v) is 5.63. The van der Waals surface area contributed by atoms with Crippen LogP contribution in [0, 0.1) is 0 Å². The molecule has 0 amide bonds. The minimum atomic E-state index is -0.782. The van der Waals surface area contributed by atoms with E-state index >= 15 is 0 Å². The number of nitrogens with zero attached hydrogens (tertiary/aromatic N) is 3. The molecule has 0 radical (unpaired) electrons. The van der Waals surface area contributed by atoms with Crippen LogP contribution in [0.3, 0.4) is 0 Å². The van der Waals surface area contributed by atoms with Gasteiger partial charge in [0.2, 0.25) is 5.71 Å². The number of benzene rings is 2. The molecule has 1 heterocycles. The fourth-order valence-electron chi connectivity index (χ4n) is 2.50. The van der Waals surface area contributed by atoms with E-state index in [1.165, 1.54) is 7.11 Å². The van der Waals surface area contributed by atoms with Crippen LogP contribution in [-0.2, 0) is 9.53 Å². The molecule has 2 aromatic rings. The Morgan fingerprint density at radius 2 is 2.00 bits per heavy atom. The fraction of sp³-hybridized carbons (Fsp3) is 0.111. The summed E-state index contributed by atoms with van der Waals surface area (Å²) in [5.41, 5.74) is 2.83. The highest BCUT2D eigenvalue weighted by molar-refractivity contribution is 6.66. The molecule has 2 aromatic carbocycles. The highest BCUT2D eigenvalue weighted by Gasteiger charge is 2.24. The van der Waals surface area contributed by atoms with Crippen molar-refractivity contribution < 1.29 is 14.7 Å². The molecule has 1 aliphatic heterocycles. The predicted octanol–water partition coefficient (Wildman–Crippen LogP) is 3.27. The number of hydrogen-bond donors (Lipinski definition) is 1. The summed E-state index contributed by atoms with van der Waals surface area (Å²) in [4.78, 5) is 20.8. The highest BCUT2D eigenvalue weighted by Crippen LogP contribution is 2.28. The number of methoxy groups -OCH3 is 1. The molecule has 3 rings (SSSR count). The number of fused-ring (bicyclic) bond motifs is 1. The Labute approximate surface area is 149 Å². The van der Waals surface area contributed by atoms with E-state index in [0.717, 1.165) is 11.1 Å². The molecule has 0 atom stereocenters. The molecule has 0 saturated heterocycles. The van der Waals surface area contributed by atoms with Crippen molar-refractivity contribution in [2.45, 2.75) is 0 Å². The van der Waals surface area contributed by atoms with Crippen molar-refractivity contribution in [3.05, 3.63) is 64.7 Å². The first-order chi connectivity index (χ1) is 12.1. The van der Waals surface area contributed by atoms with E-state index in [2.05, 4.69) is 19.9 Å². The molecular weight excluding hydrogens is 342 g/mol. The van der Waals surface area contributed by atoms with Gasteiger partial charge in [0.15, 0.2) is 0 Å². The van der Waals surface area contributed by atoms with E-state index in [1.807, 2.05) is 30.3 Å². The molecule has 0 saturated carbocycles. The van der Waals surface area contributed by atoms with Gasteiger partial charge >= 0.3 is 5.97 Å². The average molecular weight is 356 g/mol. The molecule has 1 aliphatic rings. The Kier molecular flexibility index (Phi) is 4.90. The summed E-state index contributed by atoms with van der Waals surface area (Å²) >= 11 is 6.14. The van der Waals surface area contributed by atoms with Gasteiger partial charge in [0, 0.05) is 16.1 Å². The number of ether oxygens (including phenoxy) is 1. The summed E-state index contributed by atoms with van der Waals surface area (Å²) in [6.07, 6.45) is 0. The average Bonchev–Trinajstić information content (AvgIpc) is 2.82. The number of halogens is 1. The second kappa shape index (κ2) is 7.27. The Balaban J connectivity index is 2.17. The number of carbonyl (C=O) groups excluding carboxylic acids is 1. The van der Waals surface area contributed by atoms with Crippen LogP contribution in [0.25, 0.3) is 0 Å². The van der Waals surface area contributed by atoms with Gasteiger partial charge in [-0.1, -0.05) is 47.1 Å². The lowest BCUT2D eigenvalue weighted by Crippen LogP contribution is -2.27. The standard InChI is InChI=1S/C18H14ClN3O3/c1-25-18(23)17(22-24)15-10-20-16(11-5-3-2-4-6-11)13-9-12(19)7-8-14(13)21-15/h2-9,24H,10H2,1H3. The van der Waals surface area contributed by atoms with Crippen molar-refractivity contribution in [2.75, 3.05) is 13.7 Å². The zero-order chi connectivity index (χ0) is 17.8. The van der Waals surface area contributed by atoms with Crippen molar-refractivity contribution >= 4 is 40.4 Å². The fourth-order valence-corrected chi connectivity index (χ4v) is 2.67. The van der Waals surface area contributed by atoms with Crippen LogP contribution >= 0.6 is 11.6 Å². The summed E-state index contributed by atoms with van der Waals surface area (Å²) in [5.74, 6) is -0.782. The number of aliphatic imine (C=N–C) groups is 2. The number of oxime groups is 1. The zero-order valence-corrected chi connectivity index (χ0v) is 14.1. The number of esters is 1. The quantitative estimate of drug-likeness (QED) is 0.397. The molecule has 0 fully saturated rings. The lowest BCUT2D eigenvalue weighted by Gasteiger charge is -2.08. The van der Waals surface area contributed by atoms with Crippen LogP contribution in [0.5, 0.6) is 0 Å². The molecule has 126 valence electrons. The lowest BCUT2D eigenvalue weighted by molar-refractivity contribution is -0.132. The maximum absolute atomic E-state index is 11.8. The maximum Gasteiger partial charge on any atom is 0.362 e. The highest BCUT2D eigenvalue weighted by atomic mass is 35.5. The third kappa shape index (κ3) is 3.44. The van der Waals surface area contributed by atoms with Crippen molar-refractivity contribution in [3.8, 4) is 0 Å². The summed E-state index contributed by atoms with van der Waals surface area (Å²) in [6, 6.07) is 14.8. The van der Waals surface area contributed by atoms with Crippen LogP contribution in [0.2, 0.25) is 5.02 Å². The minimum absolute atomic E-state index is 0.0605. The smallest absolute Gasteiger partial charge is 0.362 e. The van der Waals surface area contributed by atoms with Gasteiger partial charge in [0.1, 0.15) is 0 Å². The summed E-state index contributed by atoms with van der Waals surface area (Å²) in [5, 5.41) is 12.8. The van der Waals surface area contributed by atoms with Crippen LogP contribution in [-0.4, -0.2) is 42.0 Å². The first-order valence-electron chi connectivity index (χ1n) is 7.42. The van der Waals surface area contributed by atoms with E-state index in [0.29, 0.717) is 16.4 Å². The van der Waals surface area contributed by atoms with E-state index < -0.39 is 5.97 Å². The molecule has 0 aliphatic carbocycles. The molecule has 0 aromatic heterocycles. The van der Waals surface area contributed by atoms with Gasteiger partial charge in [-0.05, 0) is 18.2 Å². The van der Waals surface area contributed by atoms with Crippen molar-refractivity contribution in [1.82, 2.24) is 0 Å². The number of rotatable bonds is 3. The molecule has 0 bridgehead atoms. The van der Waals surface area contributed by atoms with Crippen LogP contribution in [0.1, 0.15) is 11.1 Å². The second-order valence-electron chi connectivity index (χ2n) is 5.19. The Bertz CT molecular complexity index is 905. The van der Waals surface area contributed by atoms with E-state index in [4.69, 9.17) is 11.6 Å². The third-order valence-electron chi connectivity index (χ3n) is 3.66. The predicted molar refractivity (Wildman–Crippen MR) is 96.7 cm³/mol. The minimum Gasteiger partial charge on any atom is -0.464 e. The van der Waals surface area contributed by atoms with Gasteiger partial charge in [-0.15, -0.1) is 0 Å². The molecule has 7 heteroatoms. The van der Waals surface area contributed by atoms with Crippen LogP contribution < -0.4 is 0 Å². The lowest BCUT2D eigenvalue weighted by atomic mass is 10.0. The number of hydrogen-bond acceptors (Lipinski definition) is 6. The molecule has 1 N–H and O–H groups in total. The van der Waals surface area contributed by atoms with Gasteiger partial charge in [0.25, 0.3) is 0 Å². The van der Waals surface area contributed by atoms with E-state index in [9.17, 15) is 10.0 Å². The first-order valence-corrected chi connectivity index (χ1v) is 7.80. The topological polar surface area (TPSA) is 83.6 Å². The zero-order valence-electron chi connectivity index (χ0n) is 13.3. The maximum atomic E-state index is 11.8. The van der Waals surface area contributed by atoms with Crippen molar-refractivity contribution in [1.29, 1.82) is 0 Å². The largest absolute Gasteiger partial charge is 0.464 e. The van der Waals surface area contributed by atoms with Crippen molar-refractivity contribution in [2.24, 2.45) is 15.1 Å². The Hall–Kier alpha value is -2.99. The van der Waals surface area contributed by atoms with E-state index in [-0.39, 0.29) is 18.0 Å². The van der Waals surface area contributed by atoms with Gasteiger partial charge in [0.05, 0.1) is 30.8 Å². The van der Waals surface area contributed by atoms with Gasteiger partial charge in [-0.2, -0.15) is 0 Å².